The maximum absolute atomic E-state index is 11.9. The Morgan fingerprint density at radius 3 is 2.45 bits per heavy atom. The number of hydrogen-bond donors (Lipinski definition) is 3. The number of urea groups is 1. The molecule has 13 heteroatoms. The van der Waals surface area contributed by atoms with Crippen molar-refractivity contribution in [2.45, 2.75) is 43.0 Å². The zero-order chi connectivity index (χ0) is 23.8. The molecule has 0 aliphatic carbocycles. The molecule has 3 unspecified atom stereocenters. The summed E-state index contributed by atoms with van der Waals surface area (Å²) < 4.78 is 11.3. The van der Waals surface area contributed by atoms with Crippen LogP contribution in [0.3, 0.4) is 0 Å². The van der Waals surface area contributed by atoms with E-state index in [-0.39, 0.29) is 58.0 Å². The zero-order valence-corrected chi connectivity index (χ0v) is 22.1. The molecule has 0 spiro atoms. The van der Waals surface area contributed by atoms with E-state index in [2.05, 4.69) is 47.8 Å². The molecule has 0 saturated carbocycles. The molecule has 3 aliphatic heterocycles. The van der Waals surface area contributed by atoms with Gasteiger partial charge in [-0.25, -0.2) is 4.79 Å². The maximum Gasteiger partial charge on any atom is 0.315 e. The second-order valence-corrected chi connectivity index (χ2v) is 10.7. The molecule has 0 aromatic heterocycles. The first-order valence-corrected chi connectivity index (χ1v) is 13.5. The summed E-state index contributed by atoms with van der Waals surface area (Å²) in [7, 11) is 0. The van der Waals surface area contributed by atoms with Gasteiger partial charge in [0.2, 0.25) is 5.91 Å². The molecule has 2 saturated heterocycles. The van der Waals surface area contributed by atoms with Crippen molar-refractivity contribution in [1.82, 2.24) is 20.9 Å². The van der Waals surface area contributed by atoms with Gasteiger partial charge < -0.3 is 25.4 Å². The van der Waals surface area contributed by atoms with Crippen molar-refractivity contribution in [1.29, 1.82) is 0 Å². The molecule has 3 rings (SSSR count). The molecule has 0 aromatic carbocycles. The lowest BCUT2D eigenvalue weighted by atomic mass is 10.0. The molecular formula is C20H28Br2N4O6S. The van der Waals surface area contributed by atoms with Gasteiger partial charge in [-0.1, -0.05) is 6.42 Å². The standard InChI is InChI=1S/C20H28Br2N4O6S/c21-15-16(22)19(29)26(18(15)28)6-8-32-10-9-31-7-5-23-14(27)4-2-1-3-13-17-12(11-33-13)24-20(30)25-17/h12-13,17H,1-11H2,(H,23,27)(H2,24,25,30). The Morgan fingerprint density at radius 2 is 1.73 bits per heavy atom. The number of hydrogen-bond acceptors (Lipinski definition) is 7. The van der Waals surface area contributed by atoms with Gasteiger partial charge in [0, 0.05) is 24.0 Å². The highest BCUT2D eigenvalue weighted by Gasteiger charge is 2.42. The molecule has 3 atom stereocenters. The average Bonchev–Trinajstić information content (AvgIpc) is 3.40. The number of carbonyl (C=O) groups excluding carboxylic acids is 4. The third-order valence-electron chi connectivity index (χ3n) is 5.54. The second-order valence-electron chi connectivity index (χ2n) is 7.83. The molecule has 0 aromatic rings. The fraction of sp³-hybridized carbons (Fsp3) is 0.700. The van der Waals surface area contributed by atoms with Crippen LogP contribution >= 0.6 is 43.6 Å². The average molecular weight is 612 g/mol. The van der Waals surface area contributed by atoms with Crippen molar-refractivity contribution >= 4 is 67.4 Å². The van der Waals surface area contributed by atoms with Crippen molar-refractivity contribution < 1.29 is 28.7 Å². The van der Waals surface area contributed by atoms with E-state index in [4.69, 9.17) is 9.47 Å². The van der Waals surface area contributed by atoms with Gasteiger partial charge in [-0.05, 0) is 44.7 Å². The van der Waals surface area contributed by atoms with E-state index in [1.165, 1.54) is 0 Å². The Bertz CT molecular complexity index is 775. The van der Waals surface area contributed by atoms with Crippen LogP contribution in [-0.4, -0.2) is 91.3 Å². The normalized spacial score (nSPS) is 24.4. The molecule has 0 radical (unpaired) electrons. The lowest BCUT2D eigenvalue weighted by Crippen LogP contribution is -2.36. The summed E-state index contributed by atoms with van der Waals surface area (Å²) in [6, 6.07) is 0.378. The number of amides is 5. The second kappa shape index (κ2) is 13.1. The summed E-state index contributed by atoms with van der Waals surface area (Å²) in [6.07, 6.45) is 3.25. The van der Waals surface area contributed by atoms with Crippen molar-refractivity contribution in [2.75, 3.05) is 45.3 Å². The molecule has 2 fully saturated rings. The van der Waals surface area contributed by atoms with Crippen molar-refractivity contribution in [3.8, 4) is 0 Å². The Hall–Kier alpha value is -1.15. The number of nitrogens with one attached hydrogen (secondary N) is 3. The van der Waals surface area contributed by atoms with Gasteiger partial charge in [0.15, 0.2) is 0 Å². The molecule has 3 aliphatic rings. The third kappa shape index (κ3) is 7.41. The lowest BCUT2D eigenvalue weighted by molar-refractivity contribution is -0.138. The molecule has 5 amide bonds. The van der Waals surface area contributed by atoms with Gasteiger partial charge in [-0.15, -0.1) is 0 Å². The SMILES string of the molecule is O=C(CCCCC1SCC2NC(=O)NC21)NCCOCCOCCN1C(=O)C(Br)=C(Br)C1=O. The van der Waals surface area contributed by atoms with Crippen LogP contribution in [0.4, 0.5) is 4.79 Å². The highest BCUT2D eigenvalue weighted by atomic mass is 79.9. The van der Waals surface area contributed by atoms with Crippen LogP contribution < -0.4 is 16.0 Å². The van der Waals surface area contributed by atoms with Crippen LogP contribution in [0.25, 0.3) is 0 Å². The first-order valence-electron chi connectivity index (χ1n) is 10.9. The van der Waals surface area contributed by atoms with Crippen LogP contribution in [0.2, 0.25) is 0 Å². The molecule has 10 nitrogen and oxygen atoms in total. The van der Waals surface area contributed by atoms with Crippen LogP contribution in [0.15, 0.2) is 8.96 Å². The number of thioether (sulfide) groups is 1. The van der Waals surface area contributed by atoms with E-state index < -0.39 is 0 Å². The summed E-state index contributed by atoms with van der Waals surface area (Å²) in [4.78, 5) is 48.1. The summed E-state index contributed by atoms with van der Waals surface area (Å²) in [5.41, 5.74) is 0. The molecule has 3 heterocycles. The third-order valence-corrected chi connectivity index (χ3v) is 9.05. The minimum Gasteiger partial charge on any atom is -0.377 e. The summed E-state index contributed by atoms with van der Waals surface area (Å²) in [5.74, 6) is 0.194. The van der Waals surface area contributed by atoms with Crippen LogP contribution in [-0.2, 0) is 23.9 Å². The highest BCUT2D eigenvalue weighted by Crippen LogP contribution is 2.33. The van der Waals surface area contributed by atoms with Crippen molar-refractivity contribution in [3.05, 3.63) is 8.96 Å². The van der Waals surface area contributed by atoms with Gasteiger partial charge in [-0.3, -0.25) is 19.3 Å². The molecule has 184 valence electrons. The Labute approximate surface area is 213 Å². The van der Waals surface area contributed by atoms with Crippen LogP contribution in [0.1, 0.15) is 25.7 Å². The highest BCUT2D eigenvalue weighted by molar-refractivity contribution is 9.14. The Morgan fingerprint density at radius 1 is 1.03 bits per heavy atom. The summed E-state index contributed by atoms with van der Waals surface area (Å²) in [5, 5.41) is 9.18. The molecular weight excluding hydrogens is 584 g/mol. The smallest absolute Gasteiger partial charge is 0.315 e. The van der Waals surface area contributed by atoms with E-state index >= 15 is 0 Å². The largest absolute Gasteiger partial charge is 0.377 e. The van der Waals surface area contributed by atoms with Gasteiger partial charge in [0.05, 0.1) is 45.1 Å². The van der Waals surface area contributed by atoms with Gasteiger partial charge in [0.25, 0.3) is 11.8 Å². The van der Waals surface area contributed by atoms with Crippen molar-refractivity contribution in [3.63, 3.8) is 0 Å². The fourth-order valence-electron chi connectivity index (χ4n) is 3.82. The van der Waals surface area contributed by atoms with Crippen LogP contribution in [0, 0.1) is 0 Å². The minimum absolute atomic E-state index is 0.00789. The first kappa shape index (κ1) is 26.5. The predicted octanol–water partition coefficient (Wildman–Crippen LogP) is 1.23. The molecule has 0 bridgehead atoms. The monoisotopic (exact) mass is 610 g/mol. The maximum atomic E-state index is 11.9. The Balaban J connectivity index is 1.11. The van der Waals surface area contributed by atoms with Gasteiger partial charge in [0.1, 0.15) is 8.96 Å². The number of fused-ring (bicyclic) bond motifs is 1. The number of unbranched alkanes of at least 4 members (excludes halogenated alkanes) is 1. The number of carbonyl (C=O) groups is 4. The molecule has 3 N–H and O–H groups in total. The number of rotatable bonds is 14. The van der Waals surface area contributed by atoms with Crippen molar-refractivity contribution in [2.24, 2.45) is 0 Å². The predicted molar refractivity (Wildman–Crippen MR) is 130 cm³/mol. The minimum atomic E-state index is -0.381. The molecule has 33 heavy (non-hydrogen) atoms. The van der Waals surface area contributed by atoms with E-state index in [1.54, 1.807) is 0 Å². The van der Waals surface area contributed by atoms with Crippen LogP contribution in [0.5, 0.6) is 0 Å². The van der Waals surface area contributed by atoms with E-state index in [0.29, 0.717) is 38.0 Å². The van der Waals surface area contributed by atoms with E-state index in [1.807, 2.05) is 11.8 Å². The lowest BCUT2D eigenvalue weighted by Gasteiger charge is -2.16. The van der Waals surface area contributed by atoms with E-state index in [9.17, 15) is 19.2 Å². The first-order chi connectivity index (χ1) is 15.9. The Kier molecular flexibility index (Phi) is 10.5. The number of imide groups is 1. The number of nitrogens with zero attached hydrogens (tertiary/aromatic N) is 1. The fourth-order valence-corrected chi connectivity index (χ4v) is 6.13. The van der Waals surface area contributed by atoms with Gasteiger partial charge in [-0.2, -0.15) is 11.8 Å². The quantitative estimate of drug-likeness (QED) is 0.153. The van der Waals surface area contributed by atoms with E-state index in [0.717, 1.165) is 29.9 Å². The number of halogens is 2. The zero-order valence-electron chi connectivity index (χ0n) is 18.1. The summed E-state index contributed by atoms with van der Waals surface area (Å²) in [6.45, 7) is 1.90. The number of ether oxygens (including phenoxy) is 2. The van der Waals surface area contributed by atoms with Gasteiger partial charge >= 0.3 is 6.03 Å². The topological polar surface area (TPSA) is 126 Å². The summed E-state index contributed by atoms with van der Waals surface area (Å²) >= 11 is 8.03.